The molecule has 4 saturated carbocycles. The van der Waals surface area contributed by atoms with Gasteiger partial charge in [0.15, 0.2) is 5.78 Å². The average Bonchev–Trinajstić information content (AvgIpc) is 3.13. The van der Waals surface area contributed by atoms with Crippen molar-refractivity contribution in [1.82, 2.24) is 0 Å². The van der Waals surface area contributed by atoms with Gasteiger partial charge in [0, 0.05) is 18.3 Å². The molecular weight excluding hydrogens is 444 g/mol. The lowest BCUT2D eigenvalue weighted by Gasteiger charge is -2.63. The van der Waals surface area contributed by atoms with Gasteiger partial charge in [-0.15, -0.1) is 0 Å². The summed E-state index contributed by atoms with van der Waals surface area (Å²) in [6, 6.07) is 0. The molecule has 6 nitrogen and oxygen atoms in total. The first-order valence-electron chi connectivity index (χ1n) is 14.2. The van der Waals surface area contributed by atoms with Crippen molar-refractivity contribution in [2.24, 2.45) is 52.3 Å². The van der Waals surface area contributed by atoms with Crippen molar-refractivity contribution >= 4 is 5.78 Å². The Morgan fingerprint density at radius 1 is 0.943 bits per heavy atom. The van der Waals surface area contributed by atoms with Gasteiger partial charge in [-0.2, -0.15) is 0 Å². The van der Waals surface area contributed by atoms with Gasteiger partial charge in [-0.1, -0.05) is 48.0 Å². The molecule has 35 heavy (non-hydrogen) atoms. The largest absolute Gasteiger partial charge is 0.390 e. The second kappa shape index (κ2) is 9.34. The highest BCUT2D eigenvalue weighted by Crippen LogP contribution is 2.68. The Morgan fingerprint density at radius 3 is 2.17 bits per heavy atom. The molecule has 0 spiro atoms. The van der Waals surface area contributed by atoms with E-state index in [4.69, 9.17) is 0 Å². The molecule has 4 rings (SSSR count). The summed E-state index contributed by atoms with van der Waals surface area (Å²) < 4.78 is 0. The lowest BCUT2D eigenvalue weighted by atomic mass is 9.42. The van der Waals surface area contributed by atoms with Gasteiger partial charge in [0.25, 0.3) is 0 Å². The Labute approximate surface area is 211 Å². The number of aliphatic hydroxyl groups is 5. The molecule has 0 saturated heterocycles. The van der Waals surface area contributed by atoms with E-state index in [1.807, 2.05) is 6.92 Å². The van der Waals surface area contributed by atoms with Crippen molar-refractivity contribution in [3.8, 4) is 0 Å². The number of hydrogen-bond acceptors (Lipinski definition) is 6. The van der Waals surface area contributed by atoms with E-state index >= 15 is 0 Å². The third-order valence-electron chi connectivity index (χ3n) is 12.0. The third kappa shape index (κ3) is 3.96. The van der Waals surface area contributed by atoms with Crippen LogP contribution in [0.4, 0.5) is 0 Å². The maximum atomic E-state index is 13.4. The number of carbonyl (C=O) groups excluding carboxylic acids is 1. The molecule has 202 valence electrons. The number of hydrogen-bond donors (Lipinski definition) is 5. The van der Waals surface area contributed by atoms with E-state index in [2.05, 4.69) is 34.6 Å². The van der Waals surface area contributed by atoms with E-state index in [0.29, 0.717) is 18.3 Å². The molecule has 6 heteroatoms. The van der Waals surface area contributed by atoms with Crippen molar-refractivity contribution in [3.63, 3.8) is 0 Å². The van der Waals surface area contributed by atoms with Crippen molar-refractivity contribution in [3.05, 3.63) is 0 Å². The van der Waals surface area contributed by atoms with Gasteiger partial charge in [-0.05, 0) is 78.9 Å². The molecule has 4 aliphatic rings. The molecule has 0 radical (unpaired) electrons. The molecule has 5 N–H and O–H groups in total. The smallest absolute Gasteiger partial charge is 0.165 e. The van der Waals surface area contributed by atoms with Crippen molar-refractivity contribution in [1.29, 1.82) is 0 Å². The van der Waals surface area contributed by atoms with Gasteiger partial charge in [-0.25, -0.2) is 0 Å². The highest BCUT2D eigenvalue weighted by Gasteiger charge is 2.69. The second-order valence-electron chi connectivity index (χ2n) is 13.7. The fraction of sp³-hybridized carbons (Fsp3) is 0.966. The Bertz CT molecular complexity index is 800. The zero-order valence-corrected chi connectivity index (χ0v) is 22.7. The molecule has 0 aliphatic heterocycles. The maximum Gasteiger partial charge on any atom is 0.165 e. The summed E-state index contributed by atoms with van der Waals surface area (Å²) in [4.78, 5) is 13.4. The molecule has 0 bridgehead atoms. The molecule has 0 amide bonds. The first-order valence-corrected chi connectivity index (χ1v) is 14.2. The first kappa shape index (κ1) is 27.5. The summed E-state index contributed by atoms with van der Waals surface area (Å²) in [6.07, 6.45) is 1.64. The van der Waals surface area contributed by atoms with Crippen LogP contribution in [-0.4, -0.2) is 61.3 Å². The summed E-state index contributed by atoms with van der Waals surface area (Å²) in [6.45, 7) is 12.7. The van der Waals surface area contributed by atoms with E-state index < -0.39 is 35.4 Å². The molecule has 4 aliphatic carbocycles. The predicted molar refractivity (Wildman–Crippen MR) is 134 cm³/mol. The Hall–Kier alpha value is -0.530. The fourth-order valence-corrected chi connectivity index (χ4v) is 9.86. The maximum absolute atomic E-state index is 13.4. The van der Waals surface area contributed by atoms with Crippen LogP contribution in [0.2, 0.25) is 0 Å². The topological polar surface area (TPSA) is 118 Å². The fourth-order valence-electron chi connectivity index (χ4n) is 9.86. The number of ketones is 1. The highest BCUT2D eigenvalue weighted by atomic mass is 16.3. The van der Waals surface area contributed by atoms with Crippen LogP contribution in [0.5, 0.6) is 0 Å². The third-order valence-corrected chi connectivity index (χ3v) is 12.0. The van der Waals surface area contributed by atoms with Crippen LogP contribution >= 0.6 is 0 Å². The summed E-state index contributed by atoms with van der Waals surface area (Å²) in [5.74, 6) is 1.01. The molecule has 0 heterocycles. The van der Waals surface area contributed by atoms with E-state index in [1.54, 1.807) is 0 Å². The molecule has 0 unspecified atom stereocenters. The van der Waals surface area contributed by atoms with Crippen LogP contribution in [0.25, 0.3) is 0 Å². The number of Topliss-reactive ketones (excluding diaryl/α,β-unsaturated/α-hetero) is 1. The Morgan fingerprint density at radius 2 is 1.57 bits per heavy atom. The van der Waals surface area contributed by atoms with Gasteiger partial charge >= 0.3 is 0 Å². The molecule has 4 fully saturated rings. The summed E-state index contributed by atoms with van der Waals surface area (Å²) >= 11 is 0. The lowest BCUT2D eigenvalue weighted by Crippen LogP contribution is -2.69. The number of carbonyl (C=O) groups is 1. The van der Waals surface area contributed by atoms with Gasteiger partial charge < -0.3 is 25.5 Å². The van der Waals surface area contributed by atoms with Gasteiger partial charge in [-0.3, -0.25) is 4.79 Å². The summed E-state index contributed by atoms with van der Waals surface area (Å²) in [5.41, 5.74) is -2.34. The number of rotatable bonds is 6. The summed E-state index contributed by atoms with van der Waals surface area (Å²) in [5, 5.41) is 54.7. The van der Waals surface area contributed by atoms with Crippen molar-refractivity contribution < 1.29 is 30.3 Å². The monoisotopic (exact) mass is 494 g/mol. The lowest BCUT2D eigenvalue weighted by molar-refractivity contribution is -0.230. The number of fused-ring (bicyclic) bond motifs is 5. The van der Waals surface area contributed by atoms with Crippen molar-refractivity contribution in [2.45, 2.75) is 123 Å². The molecule has 0 aromatic carbocycles. The van der Waals surface area contributed by atoms with E-state index in [0.717, 1.165) is 32.1 Å². The minimum Gasteiger partial charge on any atom is -0.390 e. The molecule has 0 aromatic heterocycles. The van der Waals surface area contributed by atoms with Crippen LogP contribution in [-0.2, 0) is 4.79 Å². The average molecular weight is 495 g/mol. The standard InChI is InChI=1S/C29H50O6/c1-7-17(15(2)3)26(34)25(33)16(4)19-8-9-20-18-12-24(32)29(35)14-23(31)22(30)13-28(29,6)21(18)10-11-27(19,20)5/h15-23,25-26,30-31,33-35H,7-14H2,1-6H3/t16-,17-,18-,19+,20-,21-,22-,23+,25+,26+,27+,28+,29+/m0/s1. The van der Waals surface area contributed by atoms with E-state index in [-0.39, 0.29) is 53.6 Å². The SMILES string of the molecule is CC[C@@H](C(C)C)[C@@H](O)[C@H](O)[C@@H](C)[C@H]1CC[C@H]2[C@@H]3CC(=O)[C@]4(O)C[C@@H](O)[C@@H](O)C[C@]4(C)[C@H]3CC[C@]12C. The summed E-state index contributed by atoms with van der Waals surface area (Å²) in [7, 11) is 0. The van der Waals surface area contributed by atoms with Crippen LogP contribution < -0.4 is 0 Å². The zero-order valence-electron chi connectivity index (χ0n) is 22.7. The van der Waals surface area contributed by atoms with E-state index in [1.165, 1.54) is 0 Å². The van der Waals surface area contributed by atoms with Crippen LogP contribution in [0, 0.1) is 52.3 Å². The van der Waals surface area contributed by atoms with E-state index in [9.17, 15) is 30.3 Å². The minimum atomic E-state index is -1.57. The van der Waals surface area contributed by atoms with Crippen LogP contribution in [0.15, 0.2) is 0 Å². The zero-order chi connectivity index (χ0) is 26.1. The van der Waals surface area contributed by atoms with Crippen molar-refractivity contribution in [2.75, 3.05) is 0 Å². The number of aliphatic hydroxyl groups excluding tert-OH is 4. The van der Waals surface area contributed by atoms with Gasteiger partial charge in [0.05, 0.1) is 24.4 Å². The first-order chi connectivity index (χ1) is 16.2. The predicted octanol–water partition coefficient (Wildman–Crippen LogP) is 3.31. The molecule has 13 atom stereocenters. The van der Waals surface area contributed by atoms with Crippen LogP contribution in [0.3, 0.4) is 0 Å². The minimum absolute atomic E-state index is 0.0281. The Balaban J connectivity index is 1.58. The van der Waals surface area contributed by atoms with Crippen LogP contribution in [0.1, 0.15) is 92.9 Å². The Kier molecular flexibility index (Phi) is 7.34. The molecule has 0 aromatic rings. The van der Waals surface area contributed by atoms with Gasteiger partial charge in [0.1, 0.15) is 5.60 Å². The van der Waals surface area contributed by atoms with Gasteiger partial charge in [0.2, 0.25) is 0 Å². The second-order valence-corrected chi connectivity index (χ2v) is 13.7. The molecular formula is C29H50O6. The highest BCUT2D eigenvalue weighted by molar-refractivity contribution is 5.89. The quantitative estimate of drug-likeness (QED) is 0.387. The normalized spacial score (nSPS) is 49.1.